The predicted molar refractivity (Wildman–Crippen MR) is 258 cm³/mol. The Morgan fingerprint density at radius 1 is 0.286 bits per heavy atom. The smallest absolute Gasteiger partial charge is 0.164 e. The maximum Gasteiger partial charge on any atom is 0.164 e. The predicted octanol–water partition coefficient (Wildman–Crippen LogP) is 14.6. The van der Waals surface area contributed by atoms with Gasteiger partial charge in [-0.05, 0) is 59.7 Å². The molecule has 4 heterocycles. The molecule has 6 nitrogen and oxygen atoms in total. The maximum absolute atomic E-state index is 7.35. The molecule has 13 aromatic rings. The highest BCUT2D eigenvalue weighted by Crippen LogP contribution is 2.45. The molecule has 63 heavy (non-hydrogen) atoms. The van der Waals surface area contributed by atoms with Gasteiger partial charge in [-0.2, -0.15) is 0 Å². The zero-order chi connectivity index (χ0) is 41.4. The first-order chi connectivity index (χ1) is 31.2. The second kappa shape index (κ2) is 14.0. The summed E-state index contributed by atoms with van der Waals surface area (Å²) in [5.74, 6) is 1.85. The number of fused-ring (bicyclic) bond motifs is 11. The van der Waals surface area contributed by atoms with Crippen molar-refractivity contribution in [3.63, 3.8) is 0 Å². The fourth-order valence-corrected chi connectivity index (χ4v) is 9.50. The Balaban J connectivity index is 1.06. The molecular weight excluding hydrogens is 771 g/mol. The monoisotopic (exact) mass is 805 g/mol. The lowest BCUT2D eigenvalue weighted by atomic mass is 10.1. The molecule has 0 aliphatic heterocycles. The van der Waals surface area contributed by atoms with Crippen LogP contribution in [0.3, 0.4) is 0 Å². The van der Waals surface area contributed by atoms with Gasteiger partial charge in [-0.3, -0.25) is 0 Å². The minimum absolute atomic E-state index is 0.603. The van der Waals surface area contributed by atoms with Gasteiger partial charge in [-0.15, -0.1) is 0 Å². The molecule has 294 valence electrons. The van der Waals surface area contributed by atoms with Crippen LogP contribution >= 0.6 is 0 Å². The van der Waals surface area contributed by atoms with Gasteiger partial charge in [0.15, 0.2) is 28.6 Å². The summed E-state index contributed by atoms with van der Waals surface area (Å²) in [6.45, 7) is 0. The van der Waals surface area contributed by atoms with Crippen molar-refractivity contribution in [2.45, 2.75) is 0 Å². The second-order valence-electron chi connectivity index (χ2n) is 16.0. The number of furan rings is 1. The molecule has 0 atom stereocenters. The molecule has 9 aromatic carbocycles. The second-order valence-corrected chi connectivity index (χ2v) is 16.0. The Morgan fingerprint density at radius 2 is 0.667 bits per heavy atom. The molecule has 0 spiro atoms. The Kier molecular flexibility index (Phi) is 7.80. The SMILES string of the molecule is c1ccc(-c2cccc(-n3c4ccccc4c4ccc5c6ccc7c8ccccc8n(-c8cccc(-c9nc(-c%10ccccc%10)nc(-c%10ccccc%10)n9)c8)c7c6oc5c43)c2)cc1. The average Bonchev–Trinajstić information content (AvgIpc) is 4.03. The van der Waals surface area contributed by atoms with Gasteiger partial charge in [-0.25, -0.2) is 15.0 Å². The van der Waals surface area contributed by atoms with Crippen LogP contribution in [0, 0.1) is 0 Å². The fraction of sp³-hybridized carbons (Fsp3) is 0. The molecular formula is C57H35N5O. The first kappa shape index (κ1) is 35.2. The molecule has 4 aromatic heterocycles. The molecule has 0 bridgehead atoms. The van der Waals surface area contributed by atoms with Crippen molar-refractivity contribution in [1.29, 1.82) is 0 Å². The number of aromatic nitrogens is 5. The molecule has 0 saturated carbocycles. The summed E-state index contributed by atoms with van der Waals surface area (Å²) in [6.07, 6.45) is 0. The molecule has 6 heteroatoms. The van der Waals surface area contributed by atoms with Gasteiger partial charge >= 0.3 is 0 Å². The molecule has 0 saturated heterocycles. The minimum atomic E-state index is 0.603. The van der Waals surface area contributed by atoms with Gasteiger partial charge in [0.05, 0.1) is 22.1 Å². The Bertz CT molecular complexity index is 3850. The summed E-state index contributed by atoms with van der Waals surface area (Å²) in [7, 11) is 0. The zero-order valence-electron chi connectivity index (χ0n) is 33.9. The van der Waals surface area contributed by atoms with Gasteiger partial charge in [0.1, 0.15) is 0 Å². The number of hydrogen-bond donors (Lipinski definition) is 0. The van der Waals surface area contributed by atoms with E-state index in [0.717, 1.165) is 93.8 Å². The summed E-state index contributed by atoms with van der Waals surface area (Å²) in [5.41, 5.74) is 13.1. The van der Waals surface area contributed by atoms with Crippen LogP contribution in [0.1, 0.15) is 0 Å². The zero-order valence-corrected chi connectivity index (χ0v) is 33.9. The molecule has 0 radical (unpaired) electrons. The normalized spacial score (nSPS) is 11.8. The summed E-state index contributed by atoms with van der Waals surface area (Å²) >= 11 is 0. The largest absolute Gasteiger partial charge is 0.452 e. The van der Waals surface area contributed by atoms with Crippen LogP contribution in [0.15, 0.2) is 217 Å². The van der Waals surface area contributed by atoms with Crippen LogP contribution in [0.25, 0.3) is 122 Å². The van der Waals surface area contributed by atoms with Crippen LogP contribution < -0.4 is 0 Å². The van der Waals surface area contributed by atoms with Crippen molar-refractivity contribution in [3.8, 4) is 56.7 Å². The third kappa shape index (κ3) is 5.55. The minimum Gasteiger partial charge on any atom is -0.452 e. The highest BCUT2D eigenvalue weighted by Gasteiger charge is 2.23. The topological polar surface area (TPSA) is 61.7 Å². The van der Waals surface area contributed by atoms with E-state index < -0.39 is 0 Å². The van der Waals surface area contributed by atoms with Gasteiger partial charge < -0.3 is 13.6 Å². The lowest BCUT2D eigenvalue weighted by molar-refractivity contribution is 0.673. The van der Waals surface area contributed by atoms with E-state index in [1.54, 1.807) is 0 Å². The molecule has 0 unspecified atom stereocenters. The maximum atomic E-state index is 7.35. The van der Waals surface area contributed by atoms with Crippen molar-refractivity contribution >= 4 is 65.6 Å². The van der Waals surface area contributed by atoms with Crippen molar-refractivity contribution in [3.05, 3.63) is 212 Å². The number of nitrogens with zero attached hydrogens (tertiary/aromatic N) is 5. The fourth-order valence-electron chi connectivity index (χ4n) is 9.50. The lowest BCUT2D eigenvalue weighted by Gasteiger charge is -2.11. The van der Waals surface area contributed by atoms with Gasteiger partial charge in [-0.1, -0.05) is 164 Å². The van der Waals surface area contributed by atoms with Crippen molar-refractivity contribution in [2.24, 2.45) is 0 Å². The van der Waals surface area contributed by atoms with Crippen molar-refractivity contribution in [1.82, 2.24) is 24.1 Å². The molecule has 0 aliphatic rings. The van der Waals surface area contributed by atoms with E-state index in [1.165, 1.54) is 10.9 Å². The molecule has 0 fully saturated rings. The Labute approximate surface area is 361 Å². The van der Waals surface area contributed by atoms with E-state index in [1.807, 2.05) is 60.7 Å². The van der Waals surface area contributed by atoms with Crippen molar-refractivity contribution < 1.29 is 4.42 Å². The number of hydrogen-bond acceptors (Lipinski definition) is 4. The Morgan fingerprint density at radius 3 is 1.17 bits per heavy atom. The van der Waals surface area contributed by atoms with E-state index in [2.05, 4.69) is 161 Å². The number of para-hydroxylation sites is 2. The van der Waals surface area contributed by atoms with Crippen LogP contribution in [0.2, 0.25) is 0 Å². The van der Waals surface area contributed by atoms with Crippen LogP contribution in [-0.4, -0.2) is 24.1 Å². The van der Waals surface area contributed by atoms with Crippen LogP contribution in [0.5, 0.6) is 0 Å². The number of rotatable bonds is 6. The highest BCUT2D eigenvalue weighted by molar-refractivity contribution is 6.26. The van der Waals surface area contributed by atoms with Crippen LogP contribution in [-0.2, 0) is 0 Å². The first-order valence-electron chi connectivity index (χ1n) is 21.2. The summed E-state index contributed by atoms with van der Waals surface area (Å²) in [5, 5.41) is 6.73. The lowest BCUT2D eigenvalue weighted by Crippen LogP contribution is -2.01. The summed E-state index contributed by atoms with van der Waals surface area (Å²) in [4.78, 5) is 15.1. The molecule has 13 rings (SSSR count). The van der Waals surface area contributed by atoms with E-state index in [-0.39, 0.29) is 0 Å². The van der Waals surface area contributed by atoms with E-state index in [4.69, 9.17) is 19.4 Å². The van der Waals surface area contributed by atoms with Gasteiger partial charge in [0.2, 0.25) is 0 Å². The summed E-state index contributed by atoms with van der Waals surface area (Å²) < 4.78 is 12.1. The molecule has 0 aliphatic carbocycles. The summed E-state index contributed by atoms with van der Waals surface area (Å²) in [6, 6.07) is 74.3. The van der Waals surface area contributed by atoms with Gasteiger partial charge in [0, 0.05) is 60.4 Å². The standard InChI is InChI=1S/C57H35N5O/c1-4-16-36(17-5-1)39-22-14-24-41(34-39)61-49-28-12-10-26-43(49)45-30-32-47-48-33-31-46-44-27-11-13-29-50(44)62(52(46)54(48)63-53(47)51(45)61)42-25-15-23-40(35-42)57-59-55(37-18-6-2-7-19-37)58-56(60-57)38-20-8-3-9-21-38/h1-35H. The third-order valence-corrected chi connectivity index (χ3v) is 12.3. The van der Waals surface area contributed by atoms with E-state index in [0.29, 0.717) is 17.5 Å². The molecule has 0 N–H and O–H groups in total. The number of benzene rings is 9. The quantitative estimate of drug-likeness (QED) is 0.168. The van der Waals surface area contributed by atoms with E-state index in [9.17, 15) is 0 Å². The molecule has 0 amide bonds. The highest BCUT2D eigenvalue weighted by atomic mass is 16.3. The average molecular weight is 806 g/mol. The Hall–Kier alpha value is -8.61. The van der Waals surface area contributed by atoms with E-state index >= 15 is 0 Å². The third-order valence-electron chi connectivity index (χ3n) is 12.3. The first-order valence-corrected chi connectivity index (χ1v) is 21.2. The van der Waals surface area contributed by atoms with Crippen LogP contribution in [0.4, 0.5) is 0 Å². The van der Waals surface area contributed by atoms with Gasteiger partial charge in [0.25, 0.3) is 0 Å². The van der Waals surface area contributed by atoms with Crippen molar-refractivity contribution in [2.75, 3.05) is 0 Å².